The fraction of sp³-hybridized carbons (Fsp3) is 0.227. The molecule has 29 heavy (non-hydrogen) atoms. The smallest absolute Gasteiger partial charge is 0.337 e. The van der Waals surface area contributed by atoms with Gasteiger partial charge in [-0.1, -0.05) is 18.2 Å². The molecule has 1 amide bonds. The summed E-state index contributed by atoms with van der Waals surface area (Å²) in [4.78, 5) is 37.4. The highest BCUT2D eigenvalue weighted by atomic mass is 16.5. The van der Waals surface area contributed by atoms with Crippen LogP contribution in [0.15, 0.2) is 53.3 Å². The van der Waals surface area contributed by atoms with Crippen LogP contribution in [0.2, 0.25) is 0 Å². The Morgan fingerprint density at radius 3 is 2.48 bits per heavy atom. The van der Waals surface area contributed by atoms with Gasteiger partial charge in [-0.3, -0.25) is 14.2 Å². The zero-order valence-electron chi connectivity index (χ0n) is 16.7. The largest absolute Gasteiger partial charge is 0.495 e. The second-order valence-electron chi connectivity index (χ2n) is 6.63. The first-order valence-corrected chi connectivity index (χ1v) is 9.05. The Morgan fingerprint density at radius 2 is 1.79 bits per heavy atom. The molecule has 0 radical (unpaired) electrons. The normalized spacial score (nSPS) is 11.7. The minimum Gasteiger partial charge on any atom is -0.495 e. The molecule has 0 saturated heterocycles. The summed E-state index contributed by atoms with van der Waals surface area (Å²) < 4.78 is 11.6. The number of esters is 1. The summed E-state index contributed by atoms with van der Waals surface area (Å²) in [5.41, 5.74) is 1.81. The molecule has 7 heteroatoms. The fourth-order valence-corrected chi connectivity index (χ4v) is 3.29. The summed E-state index contributed by atoms with van der Waals surface area (Å²) in [7, 11) is 2.81. The molecule has 1 heterocycles. The summed E-state index contributed by atoms with van der Waals surface area (Å²) in [5, 5.41) is 3.59. The number of methoxy groups -OCH3 is 2. The topological polar surface area (TPSA) is 86.6 Å². The Balaban J connectivity index is 2.02. The molecule has 7 nitrogen and oxygen atoms in total. The van der Waals surface area contributed by atoms with Crippen LogP contribution in [0.4, 0.5) is 5.69 Å². The third kappa shape index (κ3) is 3.85. The molecule has 0 saturated carbocycles. The molecule has 1 N–H and O–H groups in total. The number of rotatable bonds is 5. The number of amides is 1. The van der Waals surface area contributed by atoms with E-state index in [0.29, 0.717) is 22.5 Å². The molecule has 1 unspecified atom stereocenters. The lowest BCUT2D eigenvalue weighted by Crippen LogP contribution is -2.32. The van der Waals surface area contributed by atoms with E-state index in [4.69, 9.17) is 9.47 Å². The summed E-state index contributed by atoms with van der Waals surface area (Å²) in [6, 6.07) is 12.6. The van der Waals surface area contributed by atoms with Gasteiger partial charge in [0.2, 0.25) is 5.91 Å². The molecule has 0 fully saturated rings. The highest BCUT2D eigenvalue weighted by Gasteiger charge is 2.21. The summed E-state index contributed by atoms with van der Waals surface area (Å²) >= 11 is 0. The third-order valence-corrected chi connectivity index (χ3v) is 4.78. The lowest BCUT2D eigenvalue weighted by atomic mass is 10.1. The average Bonchev–Trinajstić information content (AvgIpc) is 2.72. The third-order valence-electron chi connectivity index (χ3n) is 4.78. The van der Waals surface area contributed by atoms with E-state index < -0.39 is 17.9 Å². The van der Waals surface area contributed by atoms with Crippen LogP contribution in [-0.4, -0.2) is 30.7 Å². The Morgan fingerprint density at radius 1 is 1.07 bits per heavy atom. The van der Waals surface area contributed by atoms with Gasteiger partial charge in [0.25, 0.3) is 5.56 Å². The number of aromatic nitrogens is 1. The van der Waals surface area contributed by atoms with Crippen molar-refractivity contribution in [3.05, 3.63) is 70.0 Å². The Labute approximate surface area is 167 Å². The number of carbonyl (C=O) groups is 2. The molecule has 2 aromatic carbocycles. The van der Waals surface area contributed by atoms with E-state index in [1.165, 1.54) is 30.9 Å². The minimum absolute atomic E-state index is 0.300. The molecule has 1 atom stereocenters. The van der Waals surface area contributed by atoms with Crippen LogP contribution in [0, 0.1) is 6.92 Å². The quantitative estimate of drug-likeness (QED) is 0.671. The van der Waals surface area contributed by atoms with Crippen LogP contribution in [0.25, 0.3) is 10.9 Å². The van der Waals surface area contributed by atoms with Gasteiger partial charge in [0.05, 0.1) is 25.3 Å². The number of para-hydroxylation sites is 1. The summed E-state index contributed by atoms with van der Waals surface area (Å²) in [6.07, 6.45) is 0. The van der Waals surface area contributed by atoms with E-state index in [1.807, 2.05) is 19.1 Å². The number of aryl methyl sites for hydroxylation is 1. The van der Waals surface area contributed by atoms with Crippen molar-refractivity contribution in [3.63, 3.8) is 0 Å². The fourth-order valence-electron chi connectivity index (χ4n) is 3.29. The summed E-state index contributed by atoms with van der Waals surface area (Å²) in [5.74, 6) is -0.388. The number of hydrogen-bond donors (Lipinski definition) is 1. The number of benzene rings is 2. The predicted octanol–water partition coefficient (Wildman–Crippen LogP) is 3.30. The van der Waals surface area contributed by atoms with Crippen LogP contribution in [-0.2, 0) is 9.53 Å². The van der Waals surface area contributed by atoms with Gasteiger partial charge in [-0.15, -0.1) is 0 Å². The molecule has 0 bridgehead atoms. The van der Waals surface area contributed by atoms with Gasteiger partial charge in [-0.25, -0.2) is 4.79 Å². The minimum atomic E-state index is -0.816. The van der Waals surface area contributed by atoms with Gasteiger partial charge in [0.15, 0.2) is 0 Å². The highest BCUT2D eigenvalue weighted by Crippen LogP contribution is 2.28. The first kappa shape index (κ1) is 20.1. The van der Waals surface area contributed by atoms with Gasteiger partial charge in [-0.2, -0.15) is 0 Å². The van der Waals surface area contributed by atoms with Crippen LogP contribution >= 0.6 is 0 Å². The van der Waals surface area contributed by atoms with E-state index in [0.717, 1.165) is 10.9 Å². The molecule has 0 aliphatic rings. The lowest BCUT2D eigenvalue weighted by molar-refractivity contribution is -0.118. The number of nitrogens with zero attached hydrogens (tertiary/aromatic N) is 1. The van der Waals surface area contributed by atoms with Crippen molar-refractivity contribution in [1.29, 1.82) is 0 Å². The number of anilines is 1. The number of nitrogens with one attached hydrogen (secondary N) is 1. The second-order valence-corrected chi connectivity index (χ2v) is 6.63. The van der Waals surface area contributed by atoms with Crippen molar-refractivity contribution in [2.24, 2.45) is 0 Å². The molecule has 0 aliphatic heterocycles. The van der Waals surface area contributed by atoms with Gasteiger partial charge >= 0.3 is 5.97 Å². The zero-order chi connectivity index (χ0) is 21.1. The van der Waals surface area contributed by atoms with E-state index >= 15 is 0 Å². The maximum absolute atomic E-state index is 12.9. The van der Waals surface area contributed by atoms with E-state index in [9.17, 15) is 14.4 Å². The van der Waals surface area contributed by atoms with Gasteiger partial charge in [0.1, 0.15) is 11.8 Å². The number of carbonyl (C=O) groups excluding carboxylic acids is 2. The van der Waals surface area contributed by atoms with Crippen molar-refractivity contribution >= 4 is 28.5 Å². The molecule has 0 aliphatic carbocycles. The van der Waals surface area contributed by atoms with Crippen molar-refractivity contribution < 1.29 is 19.1 Å². The lowest BCUT2D eigenvalue weighted by Gasteiger charge is -2.20. The Bertz CT molecular complexity index is 1150. The van der Waals surface area contributed by atoms with Gasteiger partial charge < -0.3 is 14.8 Å². The van der Waals surface area contributed by atoms with E-state index in [-0.39, 0.29) is 5.56 Å². The van der Waals surface area contributed by atoms with Crippen LogP contribution in [0.5, 0.6) is 5.75 Å². The zero-order valence-corrected chi connectivity index (χ0v) is 16.7. The van der Waals surface area contributed by atoms with Crippen molar-refractivity contribution in [2.75, 3.05) is 19.5 Å². The van der Waals surface area contributed by atoms with E-state index in [2.05, 4.69) is 5.32 Å². The van der Waals surface area contributed by atoms with E-state index in [1.54, 1.807) is 31.2 Å². The molecular formula is C22H22N2O5. The molecule has 0 spiro atoms. The average molecular weight is 394 g/mol. The first-order valence-electron chi connectivity index (χ1n) is 9.05. The Hall–Kier alpha value is -3.61. The van der Waals surface area contributed by atoms with Crippen molar-refractivity contribution in [1.82, 2.24) is 4.57 Å². The SMILES string of the molecule is COC(=O)c1cccc(NC(=O)C(C)n2c(=O)cc(C)c3cccc(OC)c32)c1. The maximum atomic E-state index is 12.9. The highest BCUT2D eigenvalue weighted by molar-refractivity contribution is 5.97. The van der Waals surface area contributed by atoms with Crippen LogP contribution in [0.1, 0.15) is 28.9 Å². The predicted molar refractivity (Wildman–Crippen MR) is 111 cm³/mol. The van der Waals surface area contributed by atoms with Gasteiger partial charge in [0, 0.05) is 17.1 Å². The molecule has 3 aromatic rings. The molecule has 1 aromatic heterocycles. The molecule has 150 valence electrons. The van der Waals surface area contributed by atoms with Crippen LogP contribution < -0.4 is 15.6 Å². The standard InChI is InChI=1S/C22H22N2O5/c1-13-11-19(25)24(20-17(13)9-6-10-18(20)28-3)14(2)21(26)23-16-8-5-7-15(12-16)22(27)29-4/h5-12,14H,1-4H3,(H,23,26). The van der Waals surface area contributed by atoms with Crippen molar-refractivity contribution in [2.45, 2.75) is 19.9 Å². The maximum Gasteiger partial charge on any atom is 0.337 e. The molecular weight excluding hydrogens is 372 g/mol. The van der Waals surface area contributed by atoms with Crippen LogP contribution in [0.3, 0.4) is 0 Å². The Kier molecular flexibility index (Phi) is 5.68. The number of pyridine rings is 1. The van der Waals surface area contributed by atoms with Gasteiger partial charge in [-0.05, 0) is 43.7 Å². The number of hydrogen-bond acceptors (Lipinski definition) is 5. The summed E-state index contributed by atoms with van der Waals surface area (Å²) in [6.45, 7) is 3.48. The number of fused-ring (bicyclic) bond motifs is 1. The molecule has 3 rings (SSSR count). The number of ether oxygens (including phenoxy) is 2. The monoisotopic (exact) mass is 394 g/mol. The van der Waals surface area contributed by atoms with Crippen molar-refractivity contribution in [3.8, 4) is 5.75 Å². The second kappa shape index (κ2) is 8.18. The first-order chi connectivity index (χ1) is 13.9.